The normalized spacial score (nSPS) is 14.2. The Labute approximate surface area is 157 Å². The average Bonchev–Trinajstić information content (AvgIpc) is 2.67. The number of hydrogen-bond donors (Lipinski definition) is 1. The third-order valence-electron chi connectivity index (χ3n) is 4.37. The quantitative estimate of drug-likeness (QED) is 0.749. The highest BCUT2D eigenvalue weighted by Crippen LogP contribution is 2.24. The summed E-state index contributed by atoms with van der Waals surface area (Å²) in [6.45, 7) is 2.27. The van der Waals surface area contributed by atoms with Crippen molar-refractivity contribution >= 4 is 23.2 Å². The smallest absolute Gasteiger partial charge is 0.255 e. The SMILES string of the molecule is O=C(c1ccc(Cl)cc1NCCOc1ccccc1F)N1CCCCC1. The second-order valence-electron chi connectivity index (χ2n) is 6.25. The van der Waals surface area contributed by atoms with Gasteiger partial charge >= 0.3 is 0 Å². The first-order chi connectivity index (χ1) is 12.6. The zero-order valence-electron chi connectivity index (χ0n) is 14.5. The molecule has 6 heteroatoms. The highest BCUT2D eigenvalue weighted by molar-refractivity contribution is 6.31. The number of rotatable bonds is 6. The first-order valence-electron chi connectivity index (χ1n) is 8.85. The first-order valence-corrected chi connectivity index (χ1v) is 9.23. The predicted octanol–water partition coefficient (Wildman–Crippen LogP) is 4.60. The summed E-state index contributed by atoms with van der Waals surface area (Å²) in [5, 5.41) is 3.74. The van der Waals surface area contributed by atoms with Gasteiger partial charge in [-0.15, -0.1) is 0 Å². The van der Waals surface area contributed by atoms with E-state index in [1.807, 2.05) is 4.90 Å². The summed E-state index contributed by atoms with van der Waals surface area (Å²) in [5.41, 5.74) is 1.27. The molecule has 1 fully saturated rings. The predicted molar refractivity (Wildman–Crippen MR) is 102 cm³/mol. The van der Waals surface area contributed by atoms with Crippen LogP contribution in [-0.4, -0.2) is 37.0 Å². The van der Waals surface area contributed by atoms with Gasteiger partial charge in [-0.2, -0.15) is 0 Å². The highest BCUT2D eigenvalue weighted by Gasteiger charge is 2.20. The number of nitrogens with zero attached hydrogens (tertiary/aromatic N) is 1. The van der Waals surface area contributed by atoms with Gasteiger partial charge in [-0.3, -0.25) is 4.79 Å². The Bertz CT molecular complexity index is 763. The van der Waals surface area contributed by atoms with Crippen LogP contribution in [0.15, 0.2) is 42.5 Å². The Kier molecular flexibility index (Phi) is 6.34. The molecular weight excluding hydrogens is 355 g/mol. The van der Waals surface area contributed by atoms with E-state index in [-0.39, 0.29) is 18.3 Å². The van der Waals surface area contributed by atoms with Crippen LogP contribution in [0.5, 0.6) is 5.75 Å². The van der Waals surface area contributed by atoms with Crippen molar-refractivity contribution in [2.24, 2.45) is 0 Å². The maximum atomic E-state index is 13.6. The summed E-state index contributed by atoms with van der Waals surface area (Å²) < 4.78 is 19.0. The van der Waals surface area contributed by atoms with Crippen LogP contribution in [0.2, 0.25) is 5.02 Å². The molecule has 1 heterocycles. The molecule has 1 amide bonds. The van der Waals surface area contributed by atoms with Crippen LogP contribution in [0, 0.1) is 5.82 Å². The molecule has 0 bridgehead atoms. The molecule has 0 spiro atoms. The minimum atomic E-state index is -0.392. The molecule has 2 aromatic carbocycles. The van der Waals surface area contributed by atoms with E-state index in [2.05, 4.69) is 5.32 Å². The van der Waals surface area contributed by atoms with E-state index in [1.54, 1.807) is 36.4 Å². The van der Waals surface area contributed by atoms with Gasteiger partial charge in [0.1, 0.15) is 6.61 Å². The molecular formula is C20H22ClFN2O2. The fraction of sp³-hybridized carbons (Fsp3) is 0.350. The number of benzene rings is 2. The number of halogens is 2. The Morgan fingerprint density at radius 3 is 2.69 bits per heavy atom. The molecule has 3 rings (SSSR count). The van der Waals surface area contributed by atoms with Crippen LogP contribution in [0.4, 0.5) is 10.1 Å². The van der Waals surface area contributed by atoms with Gasteiger partial charge in [-0.1, -0.05) is 23.7 Å². The van der Waals surface area contributed by atoms with Crippen molar-refractivity contribution in [2.45, 2.75) is 19.3 Å². The molecule has 0 aliphatic carbocycles. The summed E-state index contributed by atoms with van der Waals surface area (Å²) in [4.78, 5) is 14.7. The second kappa shape index (κ2) is 8.90. The lowest BCUT2D eigenvalue weighted by Crippen LogP contribution is -2.36. The van der Waals surface area contributed by atoms with Crippen LogP contribution in [-0.2, 0) is 0 Å². The second-order valence-corrected chi connectivity index (χ2v) is 6.68. The zero-order valence-corrected chi connectivity index (χ0v) is 15.3. The van der Waals surface area contributed by atoms with E-state index in [9.17, 15) is 9.18 Å². The minimum Gasteiger partial charge on any atom is -0.489 e. The van der Waals surface area contributed by atoms with E-state index >= 15 is 0 Å². The molecule has 4 nitrogen and oxygen atoms in total. The minimum absolute atomic E-state index is 0.0129. The maximum Gasteiger partial charge on any atom is 0.255 e. The number of piperidine rings is 1. The Morgan fingerprint density at radius 1 is 1.15 bits per heavy atom. The van der Waals surface area contributed by atoms with Gasteiger partial charge in [0, 0.05) is 30.3 Å². The van der Waals surface area contributed by atoms with Crippen molar-refractivity contribution in [1.29, 1.82) is 0 Å². The van der Waals surface area contributed by atoms with Crippen molar-refractivity contribution in [3.8, 4) is 5.75 Å². The third-order valence-corrected chi connectivity index (χ3v) is 4.60. The van der Waals surface area contributed by atoms with E-state index in [0.717, 1.165) is 25.9 Å². The number of hydrogen-bond acceptors (Lipinski definition) is 3. The Morgan fingerprint density at radius 2 is 1.92 bits per heavy atom. The van der Waals surface area contributed by atoms with Crippen LogP contribution < -0.4 is 10.1 Å². The maximum absolute atomic E-state index is 13.6. The van der Waals surface area contributed by atoms with Crippen molar-refractivity contribution < 1.29 is 13.9 Å². The average molecular weight is 377 g/mol. The number of carbonyl (C=O) groups is 1. The molecule has 138 valence electrons. The van der Waals surface area contributed by atoms with Gasteiger partial charge in [-0.05, 0) is 49.6 Å². The monoisotopic (exact) mass is 376 g/mol. The number of nitrogens with one attached hydrogen (secondary N) is 1. The van der Waals surface area contributed by atoms with Gasteiger partial charge in [0.2, 0.25) is 0 Å². The van der Waals surface area contributed by atoms with Crippen LogP contribution in [0.1, 0.15) is 29.6 Å². The zero-order chi connectivity index (χ0) is 18.4. The molecule has 0 saturated carbocycles. The molecule has 1 aliphatic rings. The largest absolute Gasteiger partial charge is 0.489 e. The molecule has 1 N–H and O–H groups in total. The van der Waals surface area contributed by atoms with Crippen LogP contribution in [0.3, 0.4) is 0 Å². The molecule has 0 unspecified atom stereocenters. The fourth-order valence-corrected chi connectivity index (χ4v) is 3.20. The van der Waals surface area contributed by atoms with Gasteiger partial charge < -0.3 is 15.0 Å². The molecule has 26 heavy (non-hydrogen) atoms. The van der Waals surface area contributed by atoms with Gasteiger partial charge in [0.15, 0.2) is 11.6 Å². The summed E-state index contributed by atoms with van der Waals surface area (Å²) in [6.07, 6.45) is 3.25. The van der Waals surface area contributed by atoms with E-state index < -0.39 is 5.82 Å². The van der Waals surface area contributed by atoms with Crippen molar-refractivity contribution in [3.63, 3.8) is 0 Å². The van der Waals surface area contributed by atoms with Crippen molar-refractivity contribution in [3.05, 3.63) is 58.9 Å². The fourth-order valence-electron chi connectivity index (χ4n) is 3.03. The molecule has 1 aliphatic heterocycles. The van der Waals surface area contributed by atoms with Crippen LogP contribution >= 0.6 is 11.6 Å². The summed E-state index contributed by atoms with van der Waals surface area (Å²) in [6, 6.07) is 11.5. The highest BCUT2D eigenvalue weighted by atomic mass is 35.5. The number of amides is 1. The lowest BCUT2D eigenvalue weighted by molar-refractivity contribution is 0.0725. The van der Waals surface area contributed by atoms with E-state index in [1.165, 1.54) is 12.5 Å². The summed E-state index contributed by atoms with van der Waals surface area (Å²) in [7, 11) is 0. The molecule has 0 radical (unpaired) electrons. The molecule has 2 aromatic rings. The van der Waals surface area contributed by atoms with Gasteiger partial charge in [0.05, 0.1) is 5.56 Å². The standard InChI is InChI=1S/C20H22ClFN2O2/c21-15-8-9-16(20(25)24-11-4-1-5-12-24)18(14-15)23-10-13-26-19-7-3-2-6-17(19)22/h2-3,6-9,14,23H,1,4-5,10-13H2. The summed E-state index contributed by atoms with van der Waals surface area (Å²) >= 11 is 6.09. The van der Waals surface area contributed by atoms with Gasteiger partial charge in [-0.25, -0.2) is 4.39 Å². The van der Waals surface area contributed by atoms with Crippen molar-refractivity contribution in [2.75, 3.05) is 31.6 Å². The number of likely N-dealkylation sites (tertiary alicyclic amines) is 1. The third kappa shape index (κ3) is 4.67. The molecule has 0 aromatic heterocycles. The first kappa shape index (κ1) is 18.5. The lowest BCUT2D eigenvalue weighted by atomic mass is 10.1. The lowest BCUT2D eigenvalue weighted by Gasteiger charge is -2.27. The number of ether oxygens (including phenoxy) is 1. The Balaban J connectivity index is 1.62. The van der Waals surface area contributed by atoms with E-state index in [4.69, 9.17) is 16.3 Å². The Hall–Kier alpha value is -2.27. The number of anilines is 1. The number of carbonyl (C=O) groups excluding carboxylic acids is 1. The van der Waals surface area contributed by atoms with E-state index in [0.29, 0.717) is 22.8 Å². The van der Waals surface area contributed by atoms with Crippen LogP contribution in [0.25, 0.3) is 0 Å². The van der Waals surface area contributed by atoms with Gasteiger partial charge in [0.25, 0.3) is 5.91 Å². The molecule has 1 saturated heterocycles. The number of para-hydroxylation sites is 1. The molecule has 0 atom stereocenters. The van der Waals surface area contributed by atoms with Crippen molar-refractivity contribution in [1.82, 2.24) is 4.90 Å². The summed E-state index contributed by atoms with van der Waals surface area (Å²) in [5.74, 6) is -0.167. The topological polar surface area (TPSA) is 41.6 Å².